The van der Waals surface area contributed by atoms with Gasteiger partial charge in [-0.05, 0) is 48.9 Å². The first-order chi connectivity index (χ1) is 7.18. The van der Waals surface area contributed by atoms with Crippen LogP contribution in [0.4, 0.5) is 10.5 Å². The van der Waals surface area contributed by atoms with E-state index in [1.807, 2.05) is 12.1 Å². The molecule has 2 rings (SSSR count). The first-order valence-electron chi connectivity index (χ1n) is 5.27. The molecule has 0 atom stereocenters. The first-order valence-corrected chi connectivity index (χ1v) is 5.27. The average molecular weight is 205 g/mol. The number of hydrogen-bond donors (Lipinski definition) is 1. The minimum atomic E-state index is -0.911. The highest BCUT2D eigenvalue weighted by Crippen LogP contribution is 2.25. The maximum atomic E-state index is 10.8. The van der Waals surface area contributed by atoms with Gasteiger partial charge in [0.1, 0.15) is 0 Å². The number of carboxylic acid groups (broad SMARTS) is 1. The Morgan fingerprint density at radius 1 is 1.27 bits per heavy atom. The molecule has 0 spiro atoms. The van der Waals surface area contributed by atoms with Crippen LogP contribution in [0.5, 0.6) is 0 Å². The summed E-state index contributed by atoms with van der Waals surface area (Å²) in [5.74, 6) is 0. The second-order valence-corrected chi connectivity index (χ2v) is 4.00. The molecule has 1 aliphatic carbocycles. The zero-order valence-corrected chi connectivity index (χ0v) is 8.86. The van der Waals surface area contributed by atoms with Gasteiger partial charge in [0.05, 0.1) is 0 Å². The lowest BCUT2D eigenvalue weighted by Crippen LogP contribution is -2.24. The van der Waals surface area contributed by atoms with E-state index in [1.165, 1.54) is 28.9 Å². The van der Waals surface area contributed by atoms with Gasteiger partial charge in [-0.1, -0.05) is 6.07 Å². The zero-order chi connectivity index (χ0) is 10.8. The molecule has 15 heavy (non-hydrogen) atoms. The van der Waals surface area contributed by atoms with Crippen molar-refractivity contribution in [3.63, 3.8) is 0 Å². The summed E-state index contributed by atoms with van der Waals surface area (Å²) >= 11 is 0. The molecule has 3 heteroatoms. The van der Waals surface area contributed by atoms with Gasteiger partial charge in [0, 0.05) is 12.7 Å². The Balaban J connectivity index is 2.31. The lowest BCUT2D eigenvalue weighted by Gasteiger charge is -2.19. The number of amides is 1. The van der Waals surface area contributed by atoms with Gasteiger partial charge in [0.2, 0.25) is 0 Å². The molecule has 0 aliphatic heterocycles. The zero-order valence-electron chi connectivity index (χ0n) is 8.86. The van der Waals surface area contributed by atoms with Crippen LogP contribution < -0.4 is 4.90 Å². The number of hydrogen-bond acceptors (Lipinski definition) is 1. The van der Waals surface area contributed by atoms with E-state index < -0.39 is 6.09 Å². The molecule has 1 aromatic carbocycles. The Hall–Kier alpha value is -1.51. The molecule has 80 valence electrons. The lowest BCUT2D eigenvalue weighted by molar-refractivity contribution is 0.203. The molecule has 0 saturated carbocycles. The molecule has 0 radical (unpaired) electrons. The summed E-state index contributed by atoms with van der Waals surface area (Å²) in [7, 11) is 1.58. The quantitative estimate of drug-likeness (QED) is 0.765. The molecule has 0 aromatic heterocycles. The summed E-state index contributed by atoms with van der Waals surface area (Å²) in [6.07, 6.45) is 3.77. The van der Waals surface area contributed by atoms with E-state index in [2.05, 4.69) is 6.07 Å². The maximum absolute atomic E-state index is 10.8. The number of rotatable bonds is 1. The summed E-state index contributed by atoms with van der Waals surface area (Å²) in [6.45, 7) is 0. The number of anilines is 1. The first kappa shape index (κ1) is 10.0. The van der Waals surface area contributed by atoms with Gasteiger partial charge < -0.3 is 5.11 Å². The molecular weight excluding hydrogens is 190 g/mol. The second-order valence-electron chi connectivity index (χ2n) is 4.00. The van der Waals surface area contributed by atoms with Gasteiger partial charge >= 0.3 is 6.09 Å². The third-order valence-electron chi connectivity index (χ3n) is 3.01. The Kier molecular flexibility index (Phi) is 2.62. The predicted molar refractivity (Wildman–Crippen MR) is 59.5 cm³/mol. The van der Waals surface area contributed by atoms with Crippen LogP contribution in [0.2, 0.25) is 0 Å². The van der Waals surface area contributed by atoms with Gasteiger partial charge in [-0.15, -0.1) is 0 Å². The number of aryl methyl sites for hydroxylation is 2. The Morgan fingerprint density at radius 3 is 2.60 bits per heavy atom. The fraction of sp³-hybridized carbons (Fsp3) is 0.417. The van der Waals surface area contributed by atoms with Crippen LogP contribution in [-0.2, 0) is 12.8 Å². The monoisotopic (exact) mass is 205 g/mol. The van der Waals surface area contributed by atoms with Crippen LogP contribution >= 0.6 is 0 Å². The topological polar surface area (TPSA) is 40.5 Å². The van der Waals surface area contributed by atoms with Crippen LogP contribution in [0, 0.1) is 0 Å². The van der Waals surface area contributed by atoms with Crippen molar-refractivity contribution in [2.45, 2.75) is 25.7 Å². The molecule has 1 aliphatic rings. The minimum absolute atomic E-state index is 0.767. The highest BCUT2D eigenvalue weighted by Gasteiger charge is 2.13. The van der Waals surface area contributed by atoms with Crippen molar-refractivity contribution in [1.29, 1.82) is 0 Å². The Morgan fingerprint density at radius 2 is 1.93 bits per heavy atom. The Bertz CT molecular complexity index is 387. The second kappa shape index (κ2) is 3.93. The van der Waals surface area contributed by atoms with Crippen LogP contribution in [0.15, 0.2) is 18.2 Å². The Labute approximate surface area is 89.3 Å². The van der Waals surface area contributed by atoms with Crippen LogP contribution in [-0.4, -0.2) is 18.2 Å². The molecule has 0 saturated heterocycles. The standard InChI is InChI=1S/C12H15NO2/c1-13(12(14)15)11-7-6-9-4-2-3-5-10(9)8-11/h6-8H,2-5H2,1H3,(H,14,15). The lowest BCUT2D eigenvalue weighted by atomic mass is 9.91. The molecule has 0 fully saturated rings. The molecular formula is C12H15NO2. The summed E-state index contributed by atoms with van der Waals surface area (Å²) in [6, 6.07) is 5.95. The van der Waals surface area contributed by atoms with E-state index in [0.29, 0.717) is 0 Å². The van der Waals surface area contributed by atoms with Crippen LogP contribution in [0.25, 0.3) is 0 Å². The van der Waals surface area contributed by atoms with Gasteiger partial charge in [-0.25, -0.2) is 4.79 Å². The molecule has 0 unspecified atom stereocenters. The number of fused-ring (bicyclic) bond motifs is 1. The normalized spacial score (nSPS) is 14.5. The van der Waals surface area contributed by atoms with E-state index >= 15 is 0 Å². The van der Waals surface area contributed by atoms with Crippen molar-refractivity contribution in [3.05, 3.63) is 29.3 Å². The summed E-state index contributed by atoms with van der Waals surface area (Å²) in [5, 5.41) is 8.87. The van der Waals surface area contributed by atoms with Crippen molar-refractivity contribution in [2.24, 2.45) is 0 Å². The fourth-order valence-electron chi connectivity index (χ4n) is 2.04. The van der Waals surface area contributed by atoms with E-state index in [9.17, 15) is 4.79 Å². The van der Waals surface area contributed by atoms with Gasteiger partial charge in [0.25, 0.3) is 0 Å². The van der Waals surface area contributed by atoms with Gasteiger partial charge in [0.15, 0.2) is 0 Å². The van der Waals surface area contributed by atoms with Gasteiger partial charge in [-0.2, -0.15) is 0 Å². The molecule has 1 aromatic rings. The third kappa shape index (κ3) is 1.96. The summed E-state index contributed by atoms with van der Waals surface area (Å²) in [5.41, 5.74) is 3.46. The highest BCUT2D eigenvalue weighted by molar-refractivity contribution is 5.85. The van der Waals surface area contributed by atoms with Crippen molar-refractivity contribution in [1.82, 2.24) is 0 Å². The summed E-state index contributed by atoms with van der Waals surface area (Å²) in [4.78, 5) is 12.1. The van der Waals surface area contributed by atoms with E-state index in [1.54, 1.807) is 7.05 Å². The van der Waals surface area contributed by atoms with Gasteiger partial charge in [-0.3, -0.25) is 4.90 Å². The molecule has 1 amide bonds. The largest absolute Gasteiger partial charge is 0.465 e. The van der Waals surface area contributed by atoms with E-state index in [4.69, 9.17) is 5.11 Å². The smallest absolute Gasteiger partial charge is 0.411 e. The van der Waals surface area contributed by atoms with Crippen molar-refractivity contribution < 1.29 is 9.90 Å². The fourth-order valence-corrected chi connectivity index (χ4v) is 2.04. The minimum Gasteiger partial charge on any atom is -0.465 e. The number of carbonyl (C=O) groups is 1. The van der Waals surface area contributed by atoms with E-state index in [0.717, 1.165) is 18.5 Å². The molecule has 3 nitrogen and oxygen atoms in total. The van der Waals surface area contributed by atoms with Crippen molar-refractivity contribution in [2.75, 3.05) is 11.9 Å². The summed E-state index contributed by atoms with van der Waals surface area (Å²) < 4.78 is 0. The van der Waals surface area contributed by atoms with Crippen molar-refractivity contribution >= 4 is 11.8 Å². The maximum Gasteiger partial charge on any atom is 0.411 e. The van der Waals surface area contributed by atoms with E-state index in [-0.39, 0.29) is 0 Å². The molecule has 0 heterocycles. The molecule has 1 N–H and O–H groups in total. The van der Waals surface area contributed by atoms with Crippen molar-refractivity contribution in [3.8, 4) is 0 Å². The highest BCUT2D eigenvalue weighted by atomic mass is 16.4. The van der Waals surface area contributed by atoms with Crippen LogP contribution in [0.3, 0.4) is 0 Å². The third-order valence-corrected chi connectivity index (χ3v) is 3.01. The predicted octanol–water partition coefficient (Wildman–Crippen LogP) is 2.68. The number of nitrogens with zero attached hydrogens (tertiary/aromatic N) is 1. The SMILES string of the molecule is CN(C(=O)O)c1ccc2c(c1)CCCC2. The average Bonchev–Trinajstić information content (AvgIpc) is 2.27. The molecule has 0 bridgehead atoms. The van der Waals surface area contributed by atoms with Crippen LogP contribution in [0.1, 0.15) is 24.0 Å². The number of benzene rings is 1.